The van der Waals surface area contributed by atoms with Gasteiger partial charge in [0.2, 0.25) is 11.8 Å². The highest BCUT2D eigenvalue weighted by Crippen LogP contribution is 2.44. The molecule has 0 radical (unpaired) electrons. The molecule has 7 nitrogen and oxygen atoms in total. The van der Waals surface area contributed by atoms with Gasteiger partial charge < -0.3 is 14.5 Å². The summed E-state index contributed by atoms with van der Waals surface area (Å²) >= 11 is 0. The summed E-state index contributed by atoms with van der Waals surface area (Å²) in [6.45, 7) is 6.48. The van der Waals surface area contributed by atoms with Gasteiger partial charge in [-0.1, -0.05) is 41.5 Å². The summed E-state index contributed by atoms with van der Waals surface area (Å²) in [4.78, 5) is 43.7. The average molecular weight is 494 g/mol. The number of cyclic esters (lactones) is 1. The van der Waals surface area contributed by atoms with E-state index in [0.29, 0.717) is 39.2 Å². The van der Waals surface area contributed by atoms with Gasteiger partial charge in [0.1, 0.15) is 19.0 Å². The molecule has 3 aliphatic heterocycles. The molecule has 0 aliphatic carbocycles. The Morgan fingerprint density at radius 2 is 1.72 bits per heavy atom. The van der Waals surface area contributed by atoms with E-state index in [0.717, 1.165) is 28.7 Å². The average Bonchev–Trinajstić information content (AvgIpc) is 3.44. The Bertz CT molecular complexity index is 1150. The van der Waals surface area contributed by atoms with Gasteiger partial charge in [-0.2, -0.15) is 0 Å². The number of carbonyl (C=O) groups is 3. The summed E-state index contributed by atoms with van der Waals surface area (Å²) in [5.41, 5.74) is 4.12. The number of piperidine rings is 1. The number of benzene rings is 2. The zero-order chi connectivity index (χ0) is 25.4. The second-order valence-electron chi connectivity index (χ2n) is 10.3. The van der Waals surface area contributed by atoms with Crippen molar-refractivity contribution in [3.63, 3.8) is 0 Å². The standard InChI is InChI=1S/C28H32FN3O4/c1-18-11-19(2)13-20(12-18)14-25(33)32-8-7-22-15-31(26(34)17-30-9-10-36-28(30)35)16-24(22)27(32)21-3-5-23(29)6-4-21/h3-6,11-13,22,24,27H,7-10,14-17H2,1-2H3/t22-,24?,27+/m1/s1. The van der Waals surface area contributed by atoms with Gasteiger partial charge in [0, 0.05) is 25.6 Å². The molecule has 190 valence electrons. The second kappa shape index (κ2) is 9.91. The molecule has 2 aromatic carbocycles. The van der Waals surface area contributed by atoms with E-state index in [2.05, 4.69) is 6.07 Å². The van der Waals surface area contributed by atoms with E-state index in [9.17, 15) is 18.8 Å². The van der Waals surface area contributed by atoms with Crippen LogP contribution in [0.15, 0.2) is 42.5 Å². The molecule has 3 heterocycles. The van der Waals surface area contributed by atoms with E-state index in [-0.39, 0.29) is 42.1 Å². The van der Waals surface area contributed by atoms with Crippen LogP contribution in [-0.4, -0.2) is 71.9 Å². The molecule has 2 aromatic rings. The maximum atomic E-state index is 13.8. The van der Waals surface area contributed by atoms with Gasteiger partial charge in [-0.3, -0.25) is 14.5 Å². The molecule has 0 spiro atoms. The number of carbonyl (C=O) groups excluding carboxylic acids is 3. The third kappa shape index (κ3) is 4.94. The predicted octanol–water partition coefficient (Wildman–Crippen LogP) is 3.49. The Morgan fingerprint density at radius 1 is 1.00 bits per heavy atom. The normalized spacial score (nSPS) is 23.6. The number of amides is 3. The Kier molecular flexibility index (Phi) is 6.69. The molecule has 8 heteroatoms. The number of halogens is 1. The first-order valence-corrected chi connectivity index (χ1v) is 12.6. The van der Waals surface area contributed by atoms with Crippen molar-refractivity contribution in [2.45, 2.75) is 32.7 Å². The fourth-order valence-electron chi connectivity index (χ4n) is 6.09. The maximum Gasteiger partial charge on any atom is 0.410 e. The van der Waals surface area contributed by atoms with Gasteiger partial charge in [-0.25, -0.2) is 9.18 Å². The van der Waals surface area contributed by atoms with E-state index in [4.69, 9.17) is 4.74 Å². The summed E-state index contributed by atoms with van der Waals surface area (Å²) in [5, 5.41) is 0. The van der Waals surface area contributed by atoms with Gasteiger partial charge in [0.05, 0.1) is 19.0 Å². The maximum absolute atomic E-state index is 13.8. The zero-order valence-corrected chi connectivity index (χ0v) is 20.8. The lowest BCUT2D eigenvalue weighted by molar-refractivity contribution is -0.136. The number of hydrogen-bond donors (Lipinski definition) is 0. The molecule has 36 heavy (non-hydrogen) atoms. The van der Waals surface area contributed by atoms with Crippen molar-refractivity contribution in [3.05, 3.63) is 70.5 Å². The van der Waals surface area contributed by atoms with Crippen molar-refractivity contribution in [1.29, 1.82) is 0 Å². The molecule has 3 saturated heterocycles. The topological polar surface area (TPSA) is 70.2 Å². The highest BCUT2D eigenvalue weighted by Gasteiger charge is 2.47. The van der Waals surface area contributed by atoms with Crippen molar-refractivity contribution in [1.82, 2.24) is 14.7 Å². The van der Waals surface area contributed by atoms with Gasteiger partial charge in [0.15, 0.2) is 0 Å². The molecule has 3 aliphatic rings. The molecule has 3 fully saturated rings. The van der Waals surface area contributed by atoms with Crippen LogP contribution in [0.25, 0.3) is 0 Å². The van der Waals surface area contributed by atoms with Gasteiger partial charge >= 0.3 is 6.09 Å². The van der Waals surface area contributed by atoms with Crippen molar-refractivity contribution in [2.75, 3.05) is 39.3 Å². The molecular formula is C28H32FN3O4. The fourth-order valence-corrected chi connectivity index (χ4v) is 6.09. The van der Waals surface area contributed by atoms with Crippen LogP contribution >= 0.6 is 0 Å². The van der Waals surface area contributed by atoms with E-state index >= 15 is 0 Å². The van der Waals surface area contributed by atoms with E-state index in [1.807, 2.05) is 35.8 Å². The molecule has 0 bridgehead atoms. The first-order valence-electron chi connectivity index (χ1n) is 12.6. The quantitative estimate of drug-likeness (QED) is 0.640. The van der Waals surface area contributed by atoms with Gasteiger partial charge in [0.25, 0.3) is 0 Å². The number of nitrogens with zero attached hydrogens (tertiary/aromatic N) is 3. The molecule has 0 saturated carbocycles. The molecule has 0 aromatic heterocycles. The first-order chi connectivity index (χ1) is 17.3. The third-order valence-electron chi connectivity index (χ3n) is 7.67. The minimum atomic E-state index is -0.452. The predicted molar refractivity (Wildman–Crippen MR) is 132 cm³/mol. The van der Waals surface area contributed by atoms with Crippen molar-refractivity contribution >= 4 is 17.9 Å². The Labute approximate surface area is 210 Å². The number of rotatable bonds is 5. The summed E-state index contributed by atoms with van der Waals surface area (Å²) in [6.07, 6.45) is 0.653. The molecule has 5 rings (SSSR count). The lowest BCUT2D eigenvalue weighted by atomic mass is 9.78. The highest BCUT2D eigenvalue weighted by atomic mass is 19.1. The Morgan fingerprint density at radius 3 is 2.39 bits per heavy atom. The number of hydrogen-bond acceptors (Lipinski definition) is 4. The molecule has 3 atom stereocenters. The fraction of sp³-hybridized carbons (Fsp3) is 0.464. The minimum Gasteiger partial charge on any atom is -0.448 e. The van der Waals surface area contributed by atoms with Crippen molar-refractivity contribution in [2.24, 2.45) is 11.8 Å². The minimum absolute atomic E-state index is 0.00877. The number of ether oxygens (including phenoxy) is 1. The highest BCUT2D eigenvalue weighted by molar-refractivity contribution is 5.83. The molecule has 0 N–H and O–H groups in total. The van der Waals surface area contributed by atoms with Crippen LogP contribution in [0.5, 0.6) is 0 Å². The lowest BCUT2D eigenvalue weighted by Crippen LogP contribution is -2.46. The first kappa shape index (κ1) is 24.3. The summed E-state index contributed by atoms with van der Waals surface area (Å²) < 4.78 is 18.7. The Hall–Kier alpha value is -3.42. The number of likely N-dealkylation sites (tertiary alicyclic amines) is 2. The van der Waals surface area contributed by atoms with Crippen LogP contribution in [-0.2, 0) is 20.7 Å². The third-order valence-corrected chi connectivity index (χ3v) is 7.67. The van der Waals surface area contributed by atoms with Crippen LogP contribution in [0.2, 0.25) is 0 Å². The second-order valence-corrected chi connectivity index (χ2v) is 10.3. The smallest absolute Gasteiger partial charge is 0.410 e. The van der Waals surface area contributed by atoms with Crippen molar-refractivity contribution in [3.8, 4) is 0 Å². The van der Waals surface area contributed by atoms with E-state index in [1.54, 1.807) is 12.1 Å². The SMILES string of the molecule is Cc1cc(C)cc(CC(=O)N2CC[C@@H]3CN(C(=O)CN4CCOC4=O)CC3[C@@H]2c2ccc(F)cc2)c1. The van der Waals surface area contributed by atoms with Crippen LogP contribution < -0.4 is 0 Å². The molecule has 3 amide bonds. The van der Waals surface area contributed by atoms with Crippen LogP contribution in [0.3, 0.4) is 0 Å². The summed E-state index contributed by atoms with van der Waals surface area (Å²) in [7, 11) is 0. The number of aryl methyl sites for hydroxylation is 2. The van der Waals surface area contributed by atoms with E-state index < -0.39 is 6.09 Å². The van der Waals surface area contributed by atoms with E-state index in [1.165, 1.54) is 17.0 Å². The number of fused-ring (bicyclic) bond motifs is 1. The summed E-state index contributed by atoms with van der Waals surface area (Å²) in [6, 6.07) is 12.3. The Balaban J connectivity index is 1.37. The van der Waals surface area contributed by atoms with Crippen LogP contribution in [0.1, 0.15) is 34.7 Å². The van der Waals surface area contributed by atoms with Gasteiger partial charge in [-0.05, 0) is 49.4 Å². The lowest BCUT2D eigenvalue weighted by Gasteiger charge is -2.43. The van der Waals surface area contributed by atoms with Crippen molar-refractivity contribution < 1.29 is 23.5 Å². The van der Waals surface area contributed by atoms with Gasteiger partial charge in [-0.15, -0.1) is 0 Å². The zero-order valence-electron chi connectivity index (χ0n) is 20.8. The monoisotopic (exact) mass is 493 g/mol. The van der Waals surface area contributed by atoms with Crippen LogP contribution in [0.4, 0.5) is 9.18 Å². The summed E-state index contributed by atoms with van der Waals surface area (Å²) in [5.74, 6) is -0.104. The van der Waals surface area contributed by atoms with Crippen LogP contribution in [0, 0.1) is 31.5 Å². The molecule has 1 unspecified atom stereocenters. The molecular weight excluding hydrogens is 461 g/mol. The largest absolute Gasteiger partial charge is 0.448 e.